The van der Waals surface area contributed by atoms with Crippen LogP contribution < -0.4 is 5.32 Å². The number of halogens is 3. The number of aromatic nitrogens is 1. The third kappa shape index (κ3) is 3.67. The number of hydrogen-bond acceptors (Lipinski definition) is 1. The van der Waals surface area contributed by atoms with Crippen LogP contribution in [0.1, 0.15) is 29.7 Å². The topological polar surface area (TPSA) is 17.0 Å². The Morgan fingerprint density at radius 2 is 1.95 bits per heavy atom. The van der Waals surface area contributed by atoms with Gasteiger partial charge in [0.05, 0.1) is 5.56 Å². The highest BCUT2D eigenvalue weighted by Crippen LogP contribution is 2.29. The number of rotatable bonds is 5. The molecule has 0 unspecified atom stereocenters. The monoisotopic (exact) mass is 294 g/mol. The molecule has 5 heteroatoms. The van der Waals surface area contributed by atoms with E-state index in [4.69, 9.17) is 0 Å². The summed E-state index contributed by atoms with van der Waals surface area (Å²) in [5.74, 6) is 0. The van der Waals surface area contributed by atoms with Crippen molar-refractivity contribution in [1.82, 2.24) is 9.88 Å². The minimum Gasteiger partial charge on any atom is -0.346 e. The molecule has 1 aliphatic rings. The van der Waals surface area contributed by atoms with Crippen LogP contribution in [0.4, 0.5) is 13.2 Å². The Kier molecular flexibility index (Phi) is 3.76. The van der Waals surface area contributed by atoms with E-state index in [1.807, 2.05) is 22.9 Å². The molecule has 0 atom stereocenters. The van der Waals surface area contributed by atoms with Crippen molar-refractivity contribution in [3.05, 3.63) is 59.4 Å². The molecule has 0 spiro atoms. The summed E-state index contributed by atoms with van der Waals surface area (Å²) < 4.78 is 40.2. The first-order valence-corrected chi connectivity index (χ1v) is 7.06. The molecule has 2 aromatic rings. The molecule has 1 N–H and O–H groups in total. The van der Waals surface area contributed by atoms with Crippen LogP contribution in [0.15, 0.2) is 42.6 Å². The van der Waals surface area contributed by atoms with Crippen molar-refractivity contribution in [1.29, 1.82) is 0 Å². The third-order valence-corrected chi connectivity index (χ3v) is 3.68. The van der Waals surface area contributed by atoms with Gasteiger partial charge in [0.15, 0.2) is 0 Å². The first-order chi connectivity index (χ1) is 10.0. The predicted molar refractivity (Wildman–Crippen MR) is 74.8 cm³/mol. The average molecular weight is 294 g/mol. The molecule has 112 valence electrons. The minimum absolute atomic E-state index is 0.457. The van der Waals surface area contributed by atoms with E-state index in [0.717, 1.165) is 18.3 Å². The maximum Gasteiger partial charge on any atom is 0.416 e. The summed E-state index contributed by atoms with van der Waals surface area (Å²) >= 11 is 0. The van der Waals surface area contributed by atoms with Crippen molar-refractivity contribution < 1.29 is 13.2 Å². The van der Waals surface area contributed by atoms with Crippen LogP contribution in [0.3, 0.4) is 0 Å². The third-order valence-electron chi connectivity index (χ3n) is 3.68. The lowest BCUT2D eigenvalue weighted by Crippen LogP contribution is -2.18. The summed E-state index contributed by atoms with van der Waals surface area (Å²) in [6, 6.07) is 10.1. The summed E-state index contributed by atoms with van der Waals surface area (Å²) in [6.07, 6.45) is 0.0515. The summed E-state index contributed by atoms with van der Waals surface area (Å²) in [5, 5.41) is 3.42. The molecule has 1 fully saturated rings. The molecule has 1 aliphatic carbocycles. The SMILES string of the molecule is FC(F)(F)c1cccc(Cn2cccc2CNC2CC2)c1. The van der Waals surface area contributed by atoms with Gasteiger partial charge >= 0.3 is 6.18 Å². The number of nitrogens with one attached hydrogen (secondary N) is 1. The Morgan fingerprint density at radius 1 is 1.14 bits per heavy atom. The van der Waals surface area contributed by atoms with Crippen LogP contribution in [0.2, 0.25) is 0 Å². The normalized spacial score (nSPS) is 15.4. The minimum atomic E-state index is -4.29. The molecule has 1 saturated carbocycles. The van der Waals surface area contributed by atoms with Crippen molar-refractivity contribution in [2.24, 2.45) is 0 Å². The molecule has 0 bridgehead atoms. The zero-order valence-corrected chi connectivity index (χ0v) is 11.5. The van der Waals surface area contributed by atoms with Crippen molar-refractivity contribution in [2.45, 2.75) is 38.1 Å². The summed E-state index contributed by atoms with van der Waals surface area (Å²) in [4.78, 5) is 0. The van der Waals surface area contributed by atoms with E-state index >= 15 is 0 Å². The van der Waals surface area contributed by atoms with Crippen molar-refractivity contribution in [3.63, 3.8) is 0 Å². The highest BCUT2D eigenvalue weighted by Gasteiger charge is 2.30. The summed E-state index contributed by atoms with van der Waals surface area (Å²) in [6.45, 7) is 1.22. The molecular formula is C16H17F3N2. The van der Waals surface area contributed by atoms with E-state index in [0.29, 0.717) is 18.2 Å². The molecule has 0 radical (unpaired) electrons. The fraction of sp³-hybridized carbons (Fsp3) is 0.375. The van der Waals surface area contributed by atoms with Gasteiger partial charge in [-0.3, -0.25) is 0 Å². The van der Waals surface area contributed by atoms with Crippen LogP contribution in [0.5, 0.6) is 0 Å². The van der Waals surface area contributed by atoms with Gasteiger partial charge < -0.3 is 9.88 Å². The van der Waals surface area contributed by atoms with Crippen LogP contribution in [-0.4, -0.2) is 10.6 Å². The van der Waals surface area contributed by atoms with Gasteiger partial charge in [-0.2, -0.15) is 13.2 Å². The first-order valence-electron chi connectivity index (χ1n) is 7.06. The van der Waals surface area contributed by atoms with E-state index in [1.165, 1.54) is 25.0 Å². The molecule has 0 amide bonds. The van der Waals surface area contributed by atoms with Gasteiger partial charge in [-0.25, -0.2) is 0 Å². The van der Waals surface area contributed by atoms with Crippen LogP contribution in [-0.2, 0) is 19.3 Å². The summed E-state index contributed by atoms with van der Waals surface area (Å²) in [7, 11) is 0. The second-order valence-corrected chi connectivity index (χ2v) is 5.48. The Balaban J connectivity index is 1.72. The van der Waals surface area contributed by atoms with Gasteiger partial charge in [0.25, 0.3) is 0 Å². The largest absolute Gasteiger partial charge is 0.416 e. The van der Waals surface area contributed by atoms with Crippen molar-refractivity contribution in [2.75, 3.05) is 0 Å². The second-order valence-electron chi connectivity index (χ2n) is 5.48. The lowest BCUT2D eigenvalue weighted by Gasteiger charge is -2.12. The van der Waals surface area contributed by atoms with E-state index in [1.54, 1.807) is 6.07 Å². The quantitative estimate of drug-likeness (QED) is 0.887. The maximum atomic E-state index is 12.7. The number of nitrogens with zero attached hydrogens (tertiary/aromatic N) is 1. The number of benzene rings is 1. The summed E-state index contributed by atoms with van der Waals surface area (Å²) in [5.41, 5.74) is 1.16. The zero-order valence-electron chi connectivity index (χ0n) is 11.5. The highest BCUT2D eigenvalue weighted by molar-refractivity contribution is 5.26. The van der Waals surface area contributed by atoms with Gasteiger partial charge in [-0.15, -0.1) is 0 Å². The molecule has 2 nitrogen and oxygen atoms in total. The molecule has 1 aromatic carbocycles. The van der Waals surface area contributed by atoms with Gasteiger partial charge in [-0.1, -0.05) is 12.1 Å². The lowest BCUT2D eigenvalue weighted by molar-refractivity contribution is -0.137. The van der Waals surface area contributed by atoms with Crippen LogP contribution >= 0.6 is 0 Å². The van der Waals surface area contributed by atoms with Gasteiger partial charge in [0.1, 0.15) is 0 Å². The Hall–Kier alpha value is -1.75. The van der Waals surface area contributed by atoms with Gasteiger partial charge in [-0.05, 0) is 42.7 Å². The Labute approximate surface area is 121 Å². The fourth-order valence-corrected chi connectivity index (χ4v) is 2.34. The van der Waals surface area contributed by atoms with Gasteiger partial charge in [0, 0.05) is 31.0 Å². The standard InChI is InChI=1S/C16H17F3N2/c17-16(18,19)13-4-1-3-12(9-13)11-21-8-2-5-15(21)10-20-14-6-7-14/h1-5,8-9,14,20H,6-7,10-11H2. The van der Waals surface area contributed by atoms with Crippen molar-refractivity contribution >= 4 is 0 Å². The fourth-order valence-electron chi connectivity index (χ4n) is 2.34. The van der Waals surface area contributed by atoms with Crippen LogP contribution in [0, 0.1) is 0 Å². The van der Waals surface area contributed by atoms with Gasteiger partial charge in [0.2, 0.25) is 0 Å². The smallest absolute Gasteiger partial charge is 0.346 e. The Morgan fingerprint density at radius 3 is 2.67 bits per heavy atom. The average Bonchev–Trinajstić information content (AvgIpc) is 3.17. The molecule has 3 rings (SSSR count). The van der Waals surface area contributed by atoms with E-state index in [2.05, 4.69) is 5.32 Å². The number of alkyl halides is 3. The molecule has 0 aliphatic heterocycles. The molecule has 0 saturated heterocycles. The van der Waals surface area contributed by atoms with E-state index < -0.39 is 11.7 Å². The first kappa shape index (κ1) is 14.2. The molecule has 21 heavy (non-hydrogen) atoms. The van der Waals surface area contributed by atoms with E-state index in [9.17, 15) is 13.2 Å². The number of hydrogen-bond donors (Lipinski definition) is 1. The second kappa shape index (κ2) is 5.56. The lowest BCUT2D eigenvalue weighted by atomic mass is 10.1. The maximum absolute atomic E-state index is 12.7. The predicted octanol–water partition coefficient (Wildman–Crippen LogP) is 3.81. The van der Waals surface area contributed by atoms with Crippen LogP contribution in [0.25, 0.3) is 0 Å². The molecular weight excluding hydrogens is 277 g/mol. The molecule has 1 aromatic heterocycles. The molecule has 1 heterocycles. The highest BCUT2D eigenvalue weighted by atomic mass is 19.4. The zero-order chi connectivity index (χ0) is 14.9. The van der Waals surface area contributed by atoms with E-state index in [-0.39, 0.29) is 0 Å². The van der Waals surface area contributed by atoms with Crippen molar-refractivity contribution in [3.8, 4) is 0 Å². The Bertz CT molecular complexity index is 612.